The molecule has 1 aromatic carbocycles. The van der Waals surface area contributed by atoms with E-state index in [4.69, 9.17) is 4.74 Å². The first-order chi connectivity index (χ1) is 6.42. The Kier molecular flexibility index (Phi) is 2.13. The first-order valence-electron chi connectivity index (χ1n) is 4.30. The van der Waals surface area contributed by atoms with E-state index in [0.717, 1.165) is 10.8 Å². The zero-order chi connectivity index (χ0) is 9.10. The molecule has 0 bridgehead atoms. The normalized spacial score (nSPS) is 10.2. The number of fused-ring (bicyclic) bond motifs is 1. The number of nitrogens with zero attached hydrogens (tertiary/aromatic N) is 1. The fourth-order valence-electron chi connectivity index (χ4n) is 1.28. The van der Waals surface area contributed by atoms with Crippen molar-refractivity contribution in [1.29, 1.82) is 0 Å². The predicted octanol–water partition coefficient (Wildman–Crippen LogP) is 2.43. The van der Waals surface area contributed by atoms with Crippen LogP contribution >= 0.6 is 0 Å². The number of benzene rings is 1. The van der Waals surface area contributed by atoms with Crippen LogP contribution in [0, 0.1) is 6.07 Å². The van der Waals surface area contributed by atoms with E-state index < -0.39 is 0 Å². The van der Waals surface area contributed by atoms with E-state index in [0.29, 0.717) is 12.5 Å². The second kappa shape index (κ2) is 3.44. The SMILES string of the molecule is CCOc1nc[c]c2ccccc12. The highest BCUT2D eigenvalue weighted by Gasteiger charge is 2.00. The Labute approximate surface area is 77.2 Å². The molecule has 2 nitrogen and oxygen atoms in total. The minimum Gasteiger partial charge on any atom is -0.478 e. The van der Waals surface area contributed by atoms with Gasteiger partial charge in [0.25, 0.3) is 0 Å². The number of ether oxygens (including phenoxy) is 1. The summed E-state index contributed by atoms with van der Waals surface area (Å²) in [5.74, 6) is 0.692. The van der Waals surface area contributed by atoms with E-state index in [1.54, 1.807) is 6.20 Å². The molecule has 0 saturated heterocycles. The van der Waals surface area contributed by atoms with Crippen LogP contribution in [0.2, 0.25) is 0 Å². The van der Waals surface area contributed by atoms with Crippen molar-refractivity contribution in [3.05, 3.63) is 36.5 Å². The minimum atomic E-state index is 0.640. The molecule has 0 N–H and O–H groups in total. The predicted molar refractivity (Wildman–Crippen MR) is 51.7 cm³/mol. The summed E-state index contributed by atoms with van der Waals surface area (Å²) in [5.41, 5.74) is 0. The average molecular weight is 172 g/mol. The molecule has 0 aliphatic carbocycles. The van der Waals surface area contributed by atoms with Crippen molar-refractivity contribution >= 4 is 10.8 Å². The molecule has 0 atom stereocenters. The van der Waals surface area contributed by atoms with Gasteiger partial charge in [-0.15, -0.1) is 0 Å². The lowest BCUT2D eigenvalue weighted by Crippen LogP contribution is -1.94. The monoisotopic (exact) mass is 172 g/mol. The average Bonchev–Trinajstić information content (AvgIpc) is 2.19. The van der Waals surface area contributed by atoms with Crippen LogP contribution in [0.4, 0.5) is 0 Å². The molecule has 1 heterocycles. The quantitative estimate of drug-likeness (QED) is 0.694. The Morgan fingerprint density at radius 3 is 3.08 bits per heavy atom. The summed E-state index contributed by atoms with van der Waals surface area (Å²) in [5, 5.41) is 2.06. The summed E-state index contributed by atoms with van der Waals surface area (Å²) in [6.07, 6.45) is 1.65. The Hall–Kier alpha value is -1.57. The van der Waals surface area contributed by atoms with Crippen LogP contribution in [0.5, 0.6) is 5.88 Å². The molecule has 0 amide bonds. The van der Waals surface area contributed by atoms with E-state index in [-0.39, 0.29) is 0 Å². The van der Waals surface area contributed by atoms with Gasteiger partial charge in [0.15, 0.2) is 0 Å². The Morgan fingerprint density at radius 2 is 2.23 bits per heavy atom. The summed E-state index contributed by atoms with van der Waals surface area (Å²) in [4.78, 5) is 4.12. The van der Waals surface area contributed by atoms with Gasteiger partial charge in [-0.1, -0.05) is 18.2 Å². The molecule has 65 valence electrons. The molecule has 0 unspecified atom stereocenters. The van der Waals surface area contributed by atoms with Crippen molar-refractivity contribution in [2.24, 2.45) is 0 Å². The van der Waals surface area contributed by atoms with Gasteiger partial charge in [0.05, 0.1) is 6.61 Å². The van der Waals surface area contributed by atoms with Crippen molar-refractivity contribution in [1.82, 2.24) is 4.98 Å². The topological polar surface area (TPSA) is 22.1 Å². The van der Waals surface area contributed by atoms with Crippen molar-refractivity contribution in [2.75, 3.05) is 6.61 Å². The summed E-state index contributed by atoms with van der Waals surface area (Å²) < 4.78 is 5.39. The molecular weight excluding hydrogens is 162 g/mol. The summed E-state index contributed by atoms with van der Waals surface area (Å²) >= 11 is 0. The van der Waals surface area contributed by atoms with Gasteiger partial charge >= 0.3 is 0 Å². The molecule has 2 rings (SSSR count). The summed E-state index contributed by atoms with van der Waals surface area (Å²) in [6.45, 7) is 2.59. The number of pyridine rings is 1. The van der Waals surface area contributed by atoms with Gasteiger partial charge in [0, 0.05) is 17.6 Å². The maximum absolute atomic E-state index is 5.39. The molecule has 0 fully saturated rings. The highest BCUT2D eigenvalue weighted by atomic mass is 16.5. The van der Waals surface area contributed by atoms with Gasteiger partial charge < -0.3 is 4.74 Å². The van der Waals surface area contributed by atoms with E-state index >= 15 is 0 Å². The van der Waals surface area contributed by atoms with Gasteiger partial charge in [0.2, 0.25) is 5.88 Å². The molecule has 0 saturated carbocycles. The van der Waals surface area contributed by atoms with Crippen molar-refractivity contribution < 1.29 is 4.74 Å². The van der Waals surface area contributed by atoms with Gasteiger partial charge in [-0.25, -0.2) is 4.98 Å². The first kappa shape index (κ1) is 8.05. The van der Waals surface area contributed by atoms with Crippen LogP contribution in [0.15, 0.2) is 30.5 Å². The smallest absolute Gasteiger partial charge is 0.221 e. The minimum absolute atomic E-state index is 0.640. The van der Waals surface area contributed by atoms with Gasteiger partial charge in [-0.2, -0.15) is 0 Å². The van der Waals surface area contributed by atoms with Crippen molar-refractivity contribution in [3.8, 4) is 5.88 Å². The third-order valence-corrected chi connectivity index (χ3v) is 1.84. The zero-order valence-corrected chi connectivity index (χ0v) is 7.45. The maximum Gasteiger partial charge on any atom is 0.221 e. The second-order valence-corrected chi connectivity index (χ2v) is 2.69. The van der Waals surface area contributed by atoms with E-state index in [9.17, 15) is 0 Å². The third-order valence-electron chi connectivity index (χ3n) is 1.84. The maximum atomic E-state index is 5.39. The molecule has 0 spiro atoms. The second-order valence-electron chi connectivity index (χ2n) is 2.69. The fraction of sp³-hybridized carbons (Fsp3) is 0.182. The van der Waals surface area contributed by atoms with Crippen molar-refractivity contribution in [3.63, 3.8) is 0 Å². The lowest BCUT2D eigenvalue weighted by Gasteiger charge is -2.04. The van der Waals surface area contributed by atoms with E-state index in [1.807, 2.05) is 31.2 Å². The Morgan fingerprint density at radius 1 is 1.38 bits per heavy atom. The van der Waals surface area contributed by atoms with Gasteiger partial charge in [0.1, 0.15) is 0 Å². The molecular formula is C11H10NO. The van der Waals surface area contributed by atoms with Crippen LogP contribution in [-0.2, 0) is 0 Å². The van der Waals surface area contributed by atoms with Gasteiger partial charge in [-0.3, -0.25) is 0 Å². The third kappa shape index (κ3) is 1.47. The summed E-state index contributed by atoms with van der Waals surface area (Å²) in [6, 6.07) is 11.0. The molecule has 0 aliphatic rings. The standard InChI is InChI=1S/C11H10NO/c1-2-13-11-10-6-4-3-5-9(10)7-8-12-11/h3-6,8H,2H2,1H3. The number of aromatic nitrogens is 1. The van der Waals surface area contributed by atoms with Crippen LogP contribution < -0.4 is 4.74 Å². The number of rotatable bonds is 2. The Bertz CT molecular complexity index is 406. The summed E-state index contributed by atoms with van der Waals surface area (Å²) in [7, 11) is 0. The van der Waals surface area contributed by atoms with Crippen LogP contribution in [0.1, 0.15) is 6.92 Å². The van der Waals surface area contributed by atoms with E-state index in [1.165, 1.54) is 0 Å². The molecule has 1 radical (unpaired) electrons. The largest absolute Gasteiger partial charge is 0.478 e. The number of hydrogen-bond acceptors (Lipinski definition) is 2. The molecule has 2 heteroatoms. The molecule has 1 aromatic heterocycles. The number of hydrogen-bond donors (Lipinski definition) is 0. The first-order valence-corrected chi connectivity index (χ1v) is 4.30. The molecule has 13 heavy (non-hydrogen) atoms. The molecule has 0 aliphatic heterocycles. The van der Waals surface area contributed by atoms with Crippen LogP contribution in [0.25, 0.3) is 10.8 Å². The highest BCUT2D eigenvalue weighted by Crippen LogP contribution is 2.21. The highest BCUT2D eigenvalue weighted by molar-refractivity contribution is 5.85. The van der Waals surface area contributed by atoms with E-state index in [2.05, 4.69) is 11.1 Å². The van der Waals surface area contributed by atoms with Gasteiger partial charge in [-0.05, 0) is 18.4 Å². The lowest BCUT2D eigenvalue weighted by atomic mass is 10.2. The molecule has 2 aromatic rings. The fourth-order valence-corrected chi connectivity index (χ4v) is 1.28. The lowest BCUT2D eigenvalue weighted by molar-refractivity contribution is 0.331. The zero-order valence-electron chi connectivity index (χ0n) is 7.45. The van der Waals surface area contributed by atoms with Crippen LogP contribution in [0.3, 0.4) is 0 Å². The van der Waals surface area contributed by atoms with Crippen LogP contribution in [-0.4, -0.2) is 11.6 Å². The Balaban J connectivity index is 2.61. The van der Waals surface area contributed by atoms with Crippen molar-refractivity contribution in [2.45, 2.75) is 6.92 Å².